The van der Waals surface area contributed by atoms with Gasteiger partial charge in [0.05, 0.1) is 0 Å². The Bertz CT molecular complexity index is 641. The van der Waals surface area contributed by atoms with E-state index >= 15 is 0 Å². The SMILES string of the molecule is CCCC(NC(=O)NCc1ccc(F)cc1)C(=O)NC(CC(F)F)C(=O)O. The first kappa shape index (κ1) is 22.3. The molecule has 0 saturated heterocycles. The van der Waals surface area contributed by atoms with E-state index in [1.54, 1.807) is 6.92 Å². The van der Waals surface area contributed by atoms with Crippen LogP contribution in [0.3, 0.4) is 0 Å². The summed E-state index contributed by atoms with van der Waals surface area (Å²) in [5.41, 5.74) is 0.630. The lowest BCUT2D eigenvalue weighted by atomic mass is 10.1. The largest absolute Gasteiger partial charge is 0.480 e. The minimum absolute atomic E-state index is 0.0791. The zero-order valence-electron chi connectivity index (χ0n) is 14.7. The molecular formula is C17H22F3N3O4. The second-order valence-corrected chi connectivity index (χ2v) is 5.82. The summed E-state index contributed by atoms with van der Waals surface area (Å²) in [7, 11) is 0. The topological polar surface area (TPSA) is 108 Å². The summed E-state index contributed by atoms with van der Waals surface area (Å²) >= 11 is 0. The molecule has 0 bridgehead atoms. The minimum Gasteiger partial charge on any atom is -0.480 e. The number of carboxylic acid groups (broad SMARTS) is 1. The smallest absolute Gasteiger partial charge is 0.326 e. The number of aliphatic carboxylic acids is 1. The maximum atomic E-state index is 12.8. The van der Waals surface area contributed by atoms with E-state index < -0.39 is 48.7 Å². The molecule has 0 aliphatic heterocycles. The highest BCUT2D eigenvalue weighted by atomic mass is 19.3. The molecule has 3 amide bonds. The number of benzene rings is 1. The quantitative estimate of drug-likeness (QED) is 0.491. The highest BCUT2D eigenvalue weighted by molar-refractivity contribution is 5.90. The molecule has 150 valence electrons. The third-order valence-electron chi connectivity index (χ3n) is 3.59. The Morgan fingerprint density at radius 2 is 1.70 bits per heavy atom. The summed E-state index contributed by atoms with van der Waals surface area (Å²) in [5.74, 6) is -2.86. The minimum atomic E-state index is -2.90. The first-order valence-corrected chi connectivity index (χ1v) is 8.33. The molecular weight excluding hydrogens is 367 g/mol. The summed E-state index contributed by atoms with van der Waals surface area (Å²) < 4.78 is 37.7. The van der Waals surface area contributed by atoms with E-state index in [1.165, 1.54) is 24.3 Å². The number of rotatable bonds is 10. The second kappa shape index (κ2) is 11.0. The van der Waals surface area contributed by atoms with Gasteiger partial charge in [0.2, 0.25) is 12.3 Å². The van der Waals surface area contributed by atoms with Gasteiger partial charge in [0.1, 0.15) is 17.9 Å². The zero-order valence-corrected chi connectivity index (χ0v) is 14.7. The van der Waals surface area contributed by atoms with Crippen molar-refractivity contribution in [3.63, 3.8) is 0 Å². The molecule has 0 heterocycles. The number of nitrogens with one attached hydrogen (secondary N) is 3. The lowest BCUT2D eigenvalue weighted by molar-refractivity contribution is -0.143. The first-order valence-electron chi connectivity index (χ1n) is 8.33. The van der Waals surface area contributed by atoms with Crippen LogP contribution in [-0.4, -0.2) is 41.5 Å². The normalized spacial score (nSPS) is 12.9. The van der Waals surface area contributed by atoms with Crippen LogP contribution in [0.5, 0.6) is 0 Å². The van der Waals surface area contributed by atoms with Crippen LogP contribution in [-0.2, 0) is 16.1 Å². The van der Waals surface area contributed by atoms with E-state index in [2.05, 4.69) is 10.6 Å². The maximum Gasteiger partial charge on any atom is 0.326 e. The first-order chi connectivity index (χ1) is 12.7. The Kier molecular flexibility index (Phi) is 9.11. The Balaban J connectivity index is 2.62. The Hall–Kier alpha value is -2.78. The Morgan fingerprint density at radius 1 is 1.07 bits per heavy atom. The molecule has 7 nitrogen and oxygen atoms in total. The van der Waals surface area contributed by atoms with Crippen LogP contribution in [0.15, 0.2) is 24.3 Å². The Labute approximate surface area is 154 Å². The summed E-state index contributed by atoms with van der Waals surface area (Å²) in [6.07, 6.45) is -3.25. The van der Waals surface area contributed by atoms with Gasteiger partial charge in [-0.2, -0.15) is 0 Å². The molecule has 27 heavy (non-hydrogen) atoms. The molecule has 0 spiro atoms. The van der Waals surface area contributed by atoms with Gasteiger partial charge in [0.15, 0.2) is 0 Å². The number of halogens is 3. The third kappa shape index (κ3) is 8.43. The number of hydrogen-bond acceptors (Lipinski definition) is 3. The average Bonchev–Trinajstić information content (AvgIpc) is 2.59. The summed E-state index contributed by atoms with van der Waals surface area (Å²) in [6.45, 7) is 1.82. The highest BCUT2D eigenvalue weighted by Crippen LogP contribution is 2.06. The van der Waals surface area contributed by atoms with Crippen molar-refractivity contribution in [3.8, 4) is 0 Å². The molecule has 2 unspecified atom stereocenters. The van der Waals surface area contributed by atoms with Gasteiger partial charge in [-0.3, -0.25) is 4.79 Å². The van der Waals surface area contributed by atoms with E-state index in [9.17, 15) is 27.6 Å². The Morgan fingerprint density at radius 3 is 2.22 bits per heavy atom. The van der Waals surface area contributed by atoms with Crippen LogP contribution in [0.4, 0.5) is 18.0 Å². The standard InChI is InChI=1S/C17H22F3N3O4/c1-2-3-12(15(24)22-13(16(25)26)8-14(19)20)23-17(27)21-9-10-4-6-11(18)7-5-10/h4-7,12-14H,2-3,8-9H2,1H3,(H,22,24)(H,25,26)(H2,21,23,27). The molecule has 1 aromatic carbocycles. The van der Waals surface area contributed by atoms with Crippen LogP contribution in [0.25, 0.3) is 0 Å². The van der Waals surface area contributed by atoms with E-state index in [-0.39, 0.29) is 13.0 Å². The molecule has 0 aromatic heterocycles. The van der Waals surface area contributed by atoms with Gasteiger partial charge in [-0.15, -0.1) is 0 Å². The molecule has 2 atom stereocenters. The molecule has 1 aromatic rings. The number of carboxylic acids is 1. The maximum absolute atomic E-state index is 12.8. The van der Waals surface area contributed by atoms with Crippen LogP contribution < -0.4 is 16.0 Å². The van der Waals surface area contributed by atoms with E-state index in [1.807, 2.05) is 5.32 Å². The molecule has 10 heteroatoms. The molecule has 0 saturated carbocycles. The third-order valence-corrected chi connectivity index (χ3v) is 3.59. The number of carbonyl (C=O) groups excluding carboxylic acids is 2. The summed E-state index contributed by atoms with van der Waals surface area (Å²) in [5, 5.41) is 15.8. The number of carbonyl (C=O) groups is 3. The van der Waals surface area contributed by atoms with Crippen molar-refractivity contribution in [1.29, 1.82) is 0 Å². The van der Waals surface area contributed by atoms with Gasteiger partial charge < -0.3 is 21.1 Å². The van der Waals surface area contributed by atoms with E-state index in [4.69, 9.17) is 5.11 Å². The van der Waals surface area contributed by atoms with Gasteiger partial charge in [-0.25, -0.2) is 22.8 Å². The van der Waals surface area contributed by atoms with Crippen LogP contribution in [0.2, 0.25) is 0 Å². The molecule has 0 fully saturated rings. The molecule has 0 aliphatic rings. The molecule has 1 rings (SSSR count). The lowest BCUT2D eigenvalue weighted by Gasteiger charge is -2.21. The molecule has 0 aliphatic carbocycles. The van der Waals surface area contributed by atoms with Crippen LogP contribution in [0.1, 0.15) is 31.7 Å². The summed E-state index contributed by atoms with van der Waals surface area (Å²) in [4.78, 5) is 35.1. The van der Waals surface area contributed by atoms with Crippen molar-refractivity contribution in [3.05, 3.63) is 35.6 Å². The lowest BCUT2D eigenvalue weighted by Crippen LogP contribution is -2.53. The van der Waals surface area contributed by atoms with Gasteiger partial charge in [-0.05, 0) is 24.1 Å². The predicted molar refractivity (Wildman–Crippen MR) is 90.7 cm³/mol. The molecule has 0 radical (unpaired) electrons. The number of amides is 3. The fourth-order valence-corrected chi connectivity index (χ4v) is 2.22. The number of alkyl halides is 2. The van der Waals surface area contributed by atoms with Gasteiger partial charge in [0, 0.05) is 13.0 Å². The van der Waals surface area contributed by atoms with Gasteiger partial charge >= 0.3 is 12.0 Å². The van der Waals surface area contributed by atoms with Gasteiger partial charge in [0.25, 0.3) is 0 Å². The van der Waals surface area contributed by atoms with E-state index in [0.29, 0.717) is 12.0 Å². The number of hydrogen-bond donors (Lipinski definition) is 4. The van der Waals surface area contributed by atoms with Crippen molar-refractivity contribution in [2.75, 3.05) is 0 Å². The van der Waals surface area contributed by atoms with Crippen molar-refractivity contribution in [1.82, 2.24) is 16.0 Å². The predicted octanol–water partition coefficient (Wildman–Crippen LogP) is 2.02. The number of urea groups is 1. The van der Waals surface area contributed by atoms with E-state index in [0.717, 1.165) is 0 Å². The second-order valence-electron chi connectivity index (χ2n) is 5.82. The molecule has 4 N–H and O–H groups in total. The van der Waals surface area contributed by atoms with Crippen LogP contribution in [0, 0.1) is 5.82 Å². The van der Waals surface area contributed by atoms with Crippen molar-refractivity contribution >= 4 is 17.9 Å². The average molecular weight is 389 g/mol. The fraction of sp³-hybridized carbons (Fsp3) is 0.471. The van der Waals surface area contributed by atoms with Crippen LogP contribution >= 0.6 is 0 Å². The van der Waals surface area contributed by atoms with Crippen molar-refractivity contribution < 1.29 is 32.7 Å². The highest BCUT2D eigenvalue weighted by Gasteiger charge is 2.28. The zero-order chi connectivity index (χ0) is 20.4. The summed E-state index contributed by atoms with van der Waals surface area (Å²) in [6, 6.07) is 1.90. The monoisotopic (exact) mass is 389 g/mol. The van der Waals surface area contributed by atoms with Crippen molar-refractivity contribution in [2.45, 2.75) is 51.2 Å². The fourth-order valence-electron chi connectivity index (χ4n) is 2.22. The van der Waals surface area contributed by atoms with Crippen molar-refractivity contribution in [2.24, 2.45) is 0 Å². The van der Waals surface area contributed by atoms with Gasteiger partial charge in [-0.1, -0.05) is 25.5 Å².